The third-order valence-corrected chi connectivity index (χ3v) is 4.49. The zero-order valence-corrected chi connectivity index (χ0v) is 15.4. The first-order valence-electron chi connectivity index (χ1n) is 9.07. The van der Waals surface area contributed by atoms with Gasteiger partial charge in [-0.05, 0) is 18.2 Å². The standard InChI is InChI=1S/C21H18N2O6/c24-18(23-11-10-22-21(23)26)13-28-20(25)19-16(12-27-14-6-2-1-3-7-14)15-8-4-5-9-17(15)29-19/h1-9H,10-13H2,(H,22,26). The van der Waals surface area contributed by atoms with Gasteiger partial charge in [0.25, 0.3) is 5.91 Å². The molecule has 1 saturated heterocycles. The van der Waals surface area contributed by atoms with Crippen LogP contribution < -0.4 is 10.1 Å². The molecule has 0 spiro atoms. The van der Waals surface area contributed by atoms with Crippen molar-refractivity contribution in [3.05, 3.63) is 65.9 Å². The SMILES string of the molecule is O=C(OCC(=O)N1CCNC1=O)c1oc2ccccc2c1COc1ccccc1. The predicted octanol–water partition coefficient (Wildman–Crippen LogP) is 2.72. The minimum Gasteiger partial charge on any atom is -0.489 e. The molecule has 0 radical (unpaired) electrons. The maximum atomic E-state index is 12.6. The lowest BCUT2D eigenvalue weighted by molar-refractivity contribution is -0.130. The first kappa shape index (κ1) is 18.5. The number of urea groups is 1. The summed E-state index contributed by atoms with van der Waals surface area (Å²) < 4.78 is 16.6. The smallest absolute Gasteiger partial charge is 0.375 e. The Hall–Kier alpha value is -3.81. The highest BCUT2D eigenvalue weighted by atomic mass is 16.5. The summed E-state index contributed by atoms with van der Waals surface area (Å²) in [4.78, 5) is 37.2. The summed E-state index contributed by atoms with van der Waals surface area (Å²) in [5.74, 6) is -0.763. The maximum absolute atomic E-state index is 12.6. The third kappa shape index (κ3) is 3.91. The Morgan fingerprint density at radius 3 is 2.59 bits per heavy atom. The van der Waals surface area contributed by atoms with Crippen LogP contribution in [0.3, 0.4) is 0 Å². The van der Waals surface area contributed by atoms with Crippen molar-refractivity contribution in [2.24, 2.45) is 0 Å². The van der Waals surface area contributed by atoms with E-state index in [9.17, 15) is 14.4 Å². The van der Waals surface area contributed by atoms with Gasteiger partial charge in [-0.25, -0.2) is 9.59 Å². The van der Waals surface area contributed by atoms with Gasteiger partial charge < -0.3 is 19.2 Å². The van der Waals surface area contributed by atoms with Crippen LogP contribution in [-0.2, 0) is 16.1 Å². The fraction of sp³-hybridized carbons (Fsp3) is 0.190. The first-order valence-corrected chi connectivity index (χ1v) is 9.07. The average Bonchev–Trinajstić information content (AvgIpc) is 3.34. The van der Waals surface area contributed by atoms with Crippen LogP contribution >= 0.6 is 0 Å². The van der Waals surface area contributed by atoms with Crippen LogP contribution in [0.15, 0.2) is 59.0 Å². The molecule has 8 nitrogen and oxygen atoms in total. The summed E-state index contributed by atoms with van der Waals surface area (Å²) in [6, 6.07) is 15.9. The van der Waals surface area contributed by atoms with Crippen molar-refractivity contribution in [1.29, 1.82) is 0 Å². The number of carbonyl (C=O) groups excluding carboxylic acids is 3. The van der Waals surface area contributed by atoms with Crippen molar-refractivity contribution in [2.45, 2.75) is 6.61 Å². The molecule has 1 aliphatic heterocycles. The van der Waals surface area contributed by atoms with Crippen LogP contribution in [0.5, 0.6) is 5.75 Å². The fourth-order valence-electron chi connectivity index (χ4n) is 3.06. The molecule has 1 N–H and O–H groups in total. The molecule has 0 saturated carbocycles. The minimum absolute atomic E-state index is 0.0270. The van der Waals surface area contributed by atoms with E-state index in [1.165, 1.54) is 0 Å². The number of benzene rings is 2. The number of ether oxygens (including phenoxy) is 2. The Kier molecular flexibility index (Phi) is 5.15. The van der Waals surface area contributed by atoms with Gasteiger partial charge in [0, 0.05) is 18.5 Å². The number of nitrogens with zero attached hydrogens (tertiary/aromatic N) is 1. The van der Waals surface area contributed by atoms with Gasteiger partial charge in [0.05, 0.1) is 5.56 Å². The van der Waals surface area contributed by atoms with Gasteiger partial charge in [0.1, 0.15) is 17.9 Å². The Morgan fingerprint density at radius 1 is 1.07 bits per heavy atom. The molecule has 8 heteroatoms. The fourth-order valence-corrected chi connectivity index (χ4v) is 3.06. The number of nitrogens with one attached hydrogen (secondary N) is 1. The van der Waals surface area contributed by atoms with E-state index in [0.29, 0.717) is 23.4 Å². The van der Waals surface area contributed by atoms with Gasteiger partial charge in [-0.1, -0.05) is 36.4 Å². The van der Waals surface area contributed by atoms with E-state index >= 15 is 0 Å². The quantitative estimate of drug-likeness (QED) is 0.646. The van der Waals surface area contributed by atoms with Gasteiger partial charge in [-0.3, -0.25) is 9.69 Å². The molecule has 3 aromatic rings. The third-order valence-electron chi connectivity index (χ3n) is 4.49. The van der Waals surface area contributed by atoms with E-state index < -0.39 is 24.5 Å². The molecule has 0 unspecified atom stereocenters. The minimum atomic E-state index is -0.791. The molecular formula is C21H18N2O6. The van der Waals surface area contributed by atoms with Gasteiger partial charge >= 0.3 is 12.0 Å². The van der Waals surface area contributed by atoms with Crippen LogP contribution in [-0.4, -0.2) is 42.5 Å². The van der Waals surface area contributed by atoms with E-state index in [0.717, 1.165) is 10.3 Å². The van der Waals surface area contributed by atoms with E-state index in [2.05, 4.69) is 5.32 Å². The van der Waals surface area contributed by atoms with Gasteiger partial charge in [0.15, 0.2) is 6.61 Å². The number of hydrogen-bond donors (Lipinski definition) is 1. The lowest BCUT2D eigenvalue weighted by atomic mass is 10.1. The highest BCUT2D eigenvalue weighted by Gasteiger charge is 2.28. The van der Waals surface area contributed by atoms with Gasteiger partial charge in [0.2, 0.25) is 5.76 Å². The number of amides is 3. The average molecular weight is 394 g/mol. The molecule has 3 amide bonds. The number of hydrogen-bond acceptors (Lipinski definition) is 6. The van der Waals surface area contributed by atoms with Crippen LogP contribution in [0.2, 0.25) is 0 Å². The summed E-state index contributed by atoms with van der Waals surface area (Å²) in [5.41, 5.74) is 1.04. The molecular weight excluding hydrogens is 376 g/mol. The second-order valence-electron chi connectivity index (χ2n) is 6.36. The highest BCUT2D eigenvalue weighted by Crippen LogP contribution is 2.28. The number of furan rings is 1. The second-order valence-corrected chi connectivity index (χ2v) is 6.36. The highest BCUT2D eigenvalue weighted by molar-refractivity contribution is 5.99. The summed E-state index contributed by atoms with van der Waals surface area (Å²) >= 11 is 0. The van der Waals surface area contributed by atoms with Crippen LogP contribution in [0, 0.1) is 0 Å². The molecule has 1 fully saturated rings. The Morgan fingerprint density at radius 2 is 1.83 bits per heavy atom. The molecule has 4 rings (SSSR count). The number of rotatable bonds is 6. The van der Waals surface area contributed by atoms with Crippen molar-refractivity contribution in [2.75, 3.05) is 19.7 Å². The van der Waals surface area contributed by atoms with Crippen molar-refractivity contribution < 1.29 is 28.3 Å². The van der Waals surface area contributed by atoms with E-state index in [4.69, 9.17) is 13.9 Å². The zero-order valence-electron chi connectivity index (χ0n) is 15.4. The lowest BCUT2D eigenvalue weighted by Gasteiger charge is -2.12. The second kappa shape index (κ2) is 8.05. The number of esters is 1. The largest absolute Gasteiger partial charge is 0.489 e. The Balaban J connectivity index is 1.51. The number of carbonyl (C=O) groups is 3. The number of fused-ring (bicyclic) bond motifs is 1. The number of para-hydroxylation sites is 2. The van der Waals surface area contributed by atoms with Crippen LogP contribution in [0.1, 0.15) is 16.1 Å². The van der Waals surface area contributed by atoms with Crippen molar-refractivity contribution in [1.82, 2.24) is 10.2 Å². The summed E-state index contributed by atoms with van der Waals surface area (Å²) in [7, 11) is 0. The summed E-state index contributed by atoms with van der Waals surface area (Å²) in [5, 5.41) is 3.24. The Labute approximate surface area is 166 Å². The first-order chi connectivity index (χ1) is 14.1. The molecule has 148 valence electrons. The van der Waals surface area contributed by atoms with E-state index in [1.807, 2.05) is 30.3 Å². The van der Waals surface area contributed by atoms with E-state index in [1.54, 1.807) is 24.3 Å². The topological polar surface area (TPSA) is 98.1 Å². The van der Waals surface area contributed by atoms with Crippen LogP contribution in [0.4, 0.5) is 4.79 Å². The lowest BCUT2D eigenvalue weighted by Crippen LogP contribution is -2.37. The molecule has 0 bridgehead atoms. The molecule has 29 heavy (non-hydrogen) atoms. The van der Waals surface area contributed by atoms with Crippen molar-refractivity contribution >= 4 is 28.9 Å². The van der Waals surface area contributed by atoms with Gasteiger partial charge in [-0.15, -0.1) is 0 Å². The zero-order chi connectivity index (χ0) is 20.2. The molecule has 2 heterocycles. The molecule has 2 aromatic carbocycles. The Bertz CT molecular complexity index is 1060. The van der Waals surface area contributed by atoms with Crippen LogP contribution in [0.25, 0.3) is 11.0 Å². The van der Waals surface area contributed by atoms with E-state index in [-0.39, 0.29) is 18.9 Å². The monoisotopic (exact) mass is 394 g/mol. The van der Waals surface area contributed by atoms with Crippen molar-refractivity contribution in [3.63, 3.8) is 0 Å². The summed E-state index contributed by atoms with van der Waals surface area (Å²) in [6.45, 7) is 0.162. The molecule has 0 atom stereocenters. The normalized spacial score (nSPS) is 13.4. The molecule has 0 aliphatic carbocycles. The predicted molar refractivity (Wildman–Crippen MR) is 102 cm³/mol. The van der Waals surface area contributed by atoms with Crippen molar-refractivity contribution in [3.8, 4) is 5.75 Å². The summed E-state index contributed by atoms with van der Waals surface area (Å²) in [6.07, 6.45) is 0. The molecule has 1 aromatic heterocycles. The number of imide groups is 1. The van der Waals surface area contributed by atoms with Gasteiger partial charge in [-0.2, -0.15) is 0 Å². The maximum Gasteiger partial charge on any atom is 0.375 e. The molecule has 1 aliphatic rings.